The van der Waals surface area contributed by atoms with Crippen LogP contribution >= 0.6 is 23.2 Å². The van der Waals surface area contributed by atoms with Crippen LogP contribution in [0.2, 0.25) is 10.0 Å². The van der Waals surface area contributed by atoms with Gasteiger partial charge in [0.15, 0.2) is 0 Å². The van der Waals surface area contributed by atoms with Crippen molar-refractivity contribution in [2.24, 2.45) is 0 Å². The van der Waals surface area contributed by atoms with Gasteiger partial charge in [0.2, 0.25) is 0 Å². The van der Waals surface area contributed by atoms with Gasteiger partial charge in [-0.3, -0.25) is 4.79 Å². The van der Waals surface area contributed by atoms with E-state index in [1.807, 2.05) is 18.2 Å². The second kappa shape index (κ2) is 6.83. The SMILES string of the molecule is COc1cccc(CC(C(=O)O)c2c(Cl)cccc2Cl)c1. The molecule has 110 valence electrons. The number of hydrogen-bond acceptors (Lipinski definition) is 2. The highest BCUT2D eigenvalue weighted by Crippen LogP contribution is 2.34. The first-order valence-corrected chi connectivity index (χ1v) is 7.08. The van der Waals surface area contributed by atoms with Gasteiger partial charge in [-0.25, -0.2) is 0 Å². The van der Waals surface area contributed by atoms with Gasteiger partial charge < -0.3 is 9.84 Å². The molecule has 0 aromatic heterocycles. The van der Waals surface area contributed by atoms with Crippen LogP contribution in [0.4, 0.5) is 0 Å². The van der Waals surface area contributed by atoms with E-state index in [-0.39, 0.29) is 6.42 Å². The van der Waals surface area contributed by atoms with Crippen molar-refractivity contribution in [2.75, 3.05) is 7.11 Å². The number of hydrogen-bond donors (Lipinski definition) is 1. The molecule has 0 heterocycles. The van der Waals surface area contributed by atoms with Crippen molar-refractivity contribution in [1.82, 2.24) is 0 Å². The van der Waals surface area contributed by atoms with Gasteiger partial charge in [0.25, 0.3) is 0 Å². The second-order valence-corrected chi connectivity index (χ2v) is 5.40. The Kier molecular flexibility index (Phi) is 5.10. The zero-order valence-corrected chi connectivity index (χ0v) is 12.9. The highest BCUT2D eigenvalue weighted by Gasteiger charge is 2.25. The number of ether oxygens (including phenoxy) is 1. The molecule has 2 aromatic carbocycles. The number of carboxylic acids is 1. The molecule has 0 saturated carbocycles. The van der Waals surface area contributed by atoms with E-state index in [0.29, 0.717) is 21.4 Å². The molecule has 0 aliphatic heterocycles. The quantitative estimate of drug-likeness (QED) is 0.885. The Morgan fingerprint density at radius 1 is 1.19 bits per heavy atom. The van der Waals surface area contributed by atoms with Crippen molar-refractivity contribution in [3.8, 4) is 5.75 Å². The third kappa shape index (κ3) is 3.69. The van der Waals surface area contributed by atoms with Crippen LogP contribution in [0.1, 0.15) is 17.0 Å². The topological polar surface area (TPSA) is 46.5 Å². The molecule has 5 heteroatoms. The summed E-state index contributed by atoms with van der Waals surface area (Å²) in [7, 11) is 1.57. The number of halogens is 2. The molecule has 0 bridgehead atoms. The molecule has 1 unspecified atom stereocenters. The van der Waals surface area contributed by atoms with Gasteiger partial charge in [0, 0.05) is 15.6 Å². The third-order valence-electron chi connectivity index (χ3n) is 3.22. The van der Waals surface area contributed by atoms with E-state index in [0.717, 1.165) is 5.56 Å². The summed E-state index contributed by atoms with van der Waals surface area (Å²) < 4.78 is 5.15. The molecule has 0 fully saturated rings. The van der Waals surface area contributed by atoms with Crippen LogP contribution in [-0.2, 0) is 11.2 Å². The maximum absolute atomic E-state index is 11.6. The Balaban J connectivity index is 2.38. The molecule has 0 radical (unpaired) electrons. The van der Waals surface area contributed by atoms with Crippen molar-refractivity contribution in [3.63, 3.8) is 0 Å². The van der Waals surface area contributed by atoms with Crippen LogP contribution in [-0.4, -0.2) is 18.2 Å². The Bertz CT molecular complexity index is 635. The first-order valence-electron chi connectivity index (χ1n) is 6.32. The molecule has 3 nitrogen and oxygen atoms in total. The van der Waals surface area contributed by atoms with Gasteiger partial charge in [0.05, 0.1) is 13.0 Å². The summed E-state index contributed by atoms with van der Waals surface area (Å²) in [6, 6.07) is 12.3. The maximum Gasteiger partial charge on any atom is 0.311 e. The minimum absolute atomic E-state index is 0.288. The zero-order valence-electron chi connectivity index (χ0n) is 11.3. The van der Waals surface area contributed by atoms with E-state index in [4.69, 9.17) is 27.9 Å². The molecule has 2 rings (SSSR count). The molecule has 2 aromatic rings. The highest BCUT2D eigenvalue weighted by molar-refractivity contribution is 6.36. The average Bonchev–Trinajstić information content (AvgIpc) is 2.46. The summed E-state index contributed by atoms with van der Waals surface area (Å²) in [6.07, 6.45) is 0.288. The predicted octanol–water partition coefficient (Wildman–Crippen LogP) is 4.41. The van der Waals surface area contributed by atoms with Crippen molar-refractivity contribution in [1.29, 1.82) is 0 Å². The van der Waals surface area contributed by atoms with E-state index < -0.39 is 11.9 Å². The summed E-state index contributed by atoms with van der Waals surface area (Å²) in [6.45, 7) is 0. The lowest BCUT2D eigenvalue weighted by atomic mass is 9.92. The Morgan fingerprint density at radius 2 is 1.81 bits per heavy atom. The molecule has 0 aliphatic rings. The van der Waals surface area contributed by atoms with Gasteiger partial charge in [-0.05, 0) is 36.2 Å². The molecule has 1 atom stereocenters. The maximum atomic E-state index is 11.6. The number of methoxy groups -OCH3 is 1. The summed E-state index contributed by atoms with van der Waals surface area (Å²) in [5.74, 6) is -1.09. The van der Waals surface area contributed by atoms with Crippen molar-refractivity contribution in [2.45, 2.75) is 12.3 Å². The van der Waals surface area contributed by atoms with Gasteiger partial charge in [-0.2, -0.15) is 0 Å². The fraction of sp³-hybridized carbons (Fsp3) is 0.188. The van der Waals surface area contributed by atoms with Gasteiger partial charge in [-0.1, -0.05) is 41.4 Å². The van der Waals surface area contributed by atoms with Crippen LogP contribution in [0.15, 0.2) is 42.5 Å². The van der Waals surface area contributed by atoms with Gasteiger partial charge >= 0.3 is 5.97 Å². The number of carbonyl (C=O) groups is 1. The monoisotopic (exact) mass is 324 g/mol. The zero-order chi connectivity index (χ0) is 15.4. The predicted molar refractivity (Wildman–Crippen MR) is 83.5 cm³/mol. The molecular weight excluding hydrogens is 311 g/mol. The molecule has 1 N–H and O–H groups in total. The lowest BCUT2D eigenvalue weighted by Gasteiger charge is -2.16. The highest BCUT2D eigenvalue weighted by atomic mass is 35.5. The molecule has 0 aliphatic carbocycles. The largest absolute Gasteiger partial charge is 0.497 e. The molecule has 0 spiro atoms. The van der Waals surface area contributed by atoms with Crippen molar-refractivity contribution < 1.29 is 14.6 Å². The Hall–Kier alpha value is -1.71. The van der Waals surface area contributed by atoms with Gasteiger partial charge in [-0.15, -0.1) is 0 Å². The Morgan fingerprint density at radius 3 is 2.38 bits per heavy atom. The van der Waals surface area contributed by atoms with Crippen LogP contribution in [0.25, 0.3) is 0 Å². The first-order chi connectivity index (χ1) is 10.0. The number of rotatable bonds is 5. The summed E-state index contributed by atoms with van der Waals surface area (Å²) >= 11 is 12.2. The molecular formula is C16H14Cl2O3. The normalized spacial score (nSPS) is 12.0. The lowest BCUT2D eigenvalue weighted by Crippen LogP contribution is -2.15. The minimum Gasteiger partial charge on any atom is -0.497 e. The number of carboxylic acid groups (broad SMARTS) is 1. The Labute approximate surface area is 133 Å². The van der Waals surface area contributed by atoms with E-state index >= 15 is 0 Å². The van der Waals surface area contributed by atoms with Crippen molar-refractivity contribution >= 4 is 29.2 Å². The first kappa shape index (κ1) is 15.7. The lowest BCUT2D eigenvalue weighted by molar-refractivity contribution is -0.138. The standard InChI is InChI=1S/C16H14Cl2O3/c1-21-11-5-2-4-10(8-11)9-12(16(19)20)15-13(17)6-3-7-14(15)18/h2-8,12H,9H2,1H3,(H,19,20). The van der Waals surface area contributed by atoms with E-state index in [2.05, 4.69) is 0 Å². The van der Waals surface area contributed by atoms with Crippen LogP contribution in [0.5, 0.6) is 5.75 Å². The van der Waals surface area contributed by atoms with E-state index in [1.165, 1.54) is 0 Å². The fourth-order valence-electron chi connectivity index (χ4n) is 2.19. The van der Waals surface area contributed by atoms with Crippen LogP contribution in [0, 0.1) is 0 Å². The van der Waals surface area contributed by atoms with Crippen molar-refractivity contribution in [3.05, 3.63) is 63.6 Å². The molecule has 0 amide bonds. The summed E-state index contributed by atoms with van der Waals surface area (Å²) in [5, 5.41) is 10.2. The summed E-state index contributed by atoms with van der Waals surface area (Å²) in [5.41, 5.74) is 1.29. The average molecular weight is 325 g/mol. The fourth-order valence-corrected chi connectivity index (χ4v) is 2.85. The van der Waals surface area contributed by atoms with E-state index in [1.54, 1.807) is 31.4 Å². The van der Waals surface area contributed by atoms with Crippen LogP contribution < -0.4 is 4.74 Å². The van der Waals surface area contributed by atoms with Gasteiger partial charge in [0.1, 0.15) is 5.75 Å². The summed E-state index contributed by atoms with van der Waals surface area (Å²) in [4.78, 5) is 11.6. The smallest absolute Gasteiger partial charge is 0.311 e. The molecule has 21 heavy (non-hydrogen) atoms. The third-order valence-corrected chi connectivity index (χ3v) is 3.88. The van der Waals surface area contributed by atoms with E-state index in [9.17, 15) is 9.90 Å². The number of aliphatic carboxylic acids is 1. The second-order valence-electron chi connectivity index (χ2n) is 4.58. The minimum atomic E-state index is -0.965. The number of benzene rings is 2. The van der Waals surface area contributed by atoms with Crippen LogP contribution in [0.3, 0.4) is 0 Å². The molecule has 0 saturated heterocycles.